The molecule has 0 saturated carbocycles. The largest absolute Gasteiger partial charge is 0.307 e. The highest BCUT2D eigenvalue weighted by Gasteiger charge is 2.28. The van der Waals surface area contributed by atoms with Crippen LogP contribution >= 0.6 is 0 Å². The van der Waals surface area contributed by atoms with E-state index in [1.165, 1.54) is 81.7 Å². The van der Waals surface area contributed by atoms with Gasteiger partial charge in [-0.25, -0.2) is 0 Å². The van der Waals surface area contributed by atoms with Gasteiger partial charge in [-0.05, 0) is 64.4 Å². The van der Waals surface area contributed by atoms with E-state index in [0.29, 0.717) is 0 Å². The van der Waals surface area contributed by atoms with Gasteiger partial charge in [-0.3, -0.25) is 0 Å². The van der Waals surface area contributed by atoms with Gasteiger partial charge in [-0.2, -0.15) is 0 Å². The van der Waals surface area contributed by atoms with Gasteiger partial charge >= 0.3 is 0 Å². The molecule has 0 atom stereocenters. The van der Waals surface area contributed by atoms with E-state index in [1.54, 1.807) is 0 Å². The van der Waals surface area contributed by atoms with Crippen molar-refractivity contribution in [2.75, 3.05) is 0 Å². The molecule has 0 fully saturated rings. The average Bonchev–Trinajstić information content (AvgIpc) is 3.71. The first-order valence-corrected chi connectivity index (χ1v) is 17.6. The topological polar surface area (TPSA) is 9.86 Å². The van der Waals surface area contributed by atoms with E-state index in [-0.39, 0.29) is 0 Å². The standard InChI is InChI=1S/C49H34N2/c1-3-19-39-41(4-2)51(42-30-17-15-24-34(42)32-20-7-5-8-21-32)49-46(39)44-37-27-13-11-25-35(37)36-26-12-14-28-38(36)45(44)47-40-29-16-18-31-43(40)50(48(47)49)33-22-9-6-10-23-33/h3-31H,2H2,1H3/b19-3-. The van der Waals surface area contributed by atoms with Crippen LogP contribution in [-0.4, -0.2) is 9.13 Å². The molecule has 0 N–H and O–H groups in total. The Morgan fingerprint density at radius 3 is 1.67 bits per heavy atom. The third kappa shape index (κ3) is 4.11. The highest BCUT2D eigenvalue weighted by molar-refractivity contribution is 6.43. The average molecular weight is 651 g/mol. The lowest BCUT2D eigenvalue weighted by Crippen LogP contribution is -2.02. The van der Waals surface area contributed by atoms with Crippen molar-refractivity contribution in [3.63, 3.8) is 0 Å². The van der Waals surface area contributed by atoms with Crippen molar-refractivity contribution in [1.29, 1.82) is 0 Å². The zero-order valence-electron chi connectivity index (χ0n) is 28.3. The van der Waals surface area contributed by atoms with Crippen LogP contribution in [0.2, 0.25) is 0 Å². The fourth-order valence-electron chi connectivity index (χ4n) is 8.63. The van der Waals surface area contributed by atoms with E-state index < -0.39 is 0 Å². The van der Waals surface area contributed by atoms with E-state index in [2.05, 4.69) is 193 Å². The Morgan fingerprint density at radius 2 is 1.00 bits per heavy atom. The predicted molar refractivity (Wildman–Crippen MR) is 220 cm³/mol. The molecule has 2 nitrogen and oxygen atoms in total. The molecule has 0 aliphatic rings. The van der Waals surface area contributed by atoms with Gasteiger partial charge in [0, 0.05) is 43.7 Å². The van der Waals surface area contributed by atoms with E-state index in [1.807, 2.05) is 6.08 Å². The molecule has 0 amide bonds. The maximum absolute atomic E-state index is 4.49. The molecule has 240 valence electrons. The van der Waals surface area contributed by atoms with Crippen LogP contribution in [0.5, 0.6) is 0 Å². The van der Waals surface area contributed by atoms with Gasteiger partial charge in [0.1, 0.15) is 0 Å². The molecule has 0 radical (unpaired) electrons. The van der Waals surface area contributed by atoms with Crippen molar-refractivity contribution in [2.24, 2.45) is 0 Å². The van der Waals surface area contributed by atoms with Crippen molar-refractivity contribution < 1.29 is 0 Å². The third-order valence-corrected chi connectivity index (χ3v) is 10.5. The van der Waals surface area contributed by atoms with E-state index in [0.717, 1.165) is 17.1 Å². The molecule has 0 bridgehead atoms. The van der Waals surface area contributed by atoms with Crippen LogP contribution in [0.1, 0.15) is 18.2 Å². The molecule has 10 aromatic rings. The summed E-state index contributed by atoms with van der Waals surface area (Å²) in [6.07, 6.45) is 6.50. The summed E-state index contributed by atoms with van der Waals surface area (Å²) in [5.74, 6) is 0. The number of rotatable bonds is 5. The predicted octanol–water partition coefficient (Wildman–Crippen LogP) is 13.5. The Balaban J connectivity index is 1.61. The van der Waals surface area contributed by atoms with Crippen LogP contribution < -0.4 is 0 Å². The summed E-state index contributed by atoms with van der Waals surface area (Å²) >= 11 is 0. The molecule has 10 rings (SSSR count). The monoisotopic (exact) mass is 650 g/mol. The Morgan fingerprint density at radius 1 is 0.471 bits per heavy atom. The number of aromatic nitrogens is 2. The summed E-state index contributed by atoms with van der Waals surface area (Å²) in [6, 6.07) is 57.2. The molecule has 0 aliphatic heterocycles. The van der Waals surface area contributed by atoms with Gasteiger partial charge in [0.2, 0.25) is 0 Å². The molecule has 0 unspecified atom stereocenters. The lowest BCUT2D eigenvalue weighted by molar-refractivity contribution is 1.10. The molecule has 0 aliphatic carbocycles. The lowest BCUT2D eigenvalue weighted by Gasteiger charge is -2.18. The first-order valence-electron chi connectivity index (χ1n) is 17.6. The van der Waals surface area contributed by atoms with Gasteiger partial charge in [-0.1, -0.05) is 152 Å². The molecule has 0 saturated heterocycles. The molecular weight excluding hydrogens is 617 g/mol. The van der Waals surface area contributed by atoms with Crippen molar-refractivity contribution in [3.8, 4) is 22.5 Å². The van der Waals surface area contributed by atoms with Crippen molar-refractivity contribution in [2.45, 2.75) is 6.92 Å². The van der Waals surface area contributed by atoms with Crippen molar-refractivity contribution >= 4 is 77.2 Å². The zero-order valence-corrected chi connectivity index (χ0v) is 28.3. The summed E-state index contributed by atoms with van der Waals surface area (Å²) in [6.45, 7) is 6.61. The summed E-state index contributed by atoms with van der Waals surface area (Å²) in [5.41, 5.74) is 10.4. The fraction of sp³-hybridized carbons (Fsp3) is 0.0204. The lowest BCUT2D eigenvalue weighted by atomic mass is 9.88. The number of hydrogen-bond donors (Lipinski definition) is 0. The highest BCUT2D eigenvalue weighted by Crippen LogP contribution is 2.51. The summed E-state index contributed by atoms with van der Waals surface area (Å²) in [4.78, 5) is 0. The summed E-state index contributed by atoms with van der Waals surface area (Å²) in [5, 5.41) is 11.3. The Kier molecular flexibility index (Phi) is 6.59. The first kappa shape index (κ1) is 29.3. The minimum absolute atomic E-state index is 1.07. The number of fused-ring (bicyclic) bond motifs is 13. The van der Waals surface area contributed by atoms with Crippen LogP contribution in [0, 0.1) is 0 Å². The Bertz CT molecular complexity index is 3030. The van der Waals surface area contributed by atoms with Gasteiger partial charge in [-0.15, -0.1) is 0 Å². The quantitative estimate of drug-likeness (QED) is 0.164. The SMILES string of the molecule is C=Cc1c(/C=C\C)c2c3c4ccccc4c4ccccc4c3c3c4ccccc4n(-c4ccccc4)c3c2n1-c1ccccc1-c1ccccc1. The summed E-state index contributed by atoms with van der Waals surface area (Å²) < 4.78 is 4.98. The zero-order chi connectivity index (χ0) is 34.1. The summed E-state index contributed by atoms with van der Waals surface area (Å²) in [7, 11) is 0. The van der Waals surface area contributed by atoms with Gasteiger partial charge in [0.15, 0.2) is 0 Å². The maximum atomic E-state index is 4.49. The number of para-hydroxylation sites is 3. The number of benzene rings is 8. The second-order valence-corrected chi connectivity index (χ2v) is 13.2. The Hall–Kier alpha value is -6.64. The van der Waals surface area contributed by atoms with E-state index >= 15 is 0 Å². The van der Waals surface area contributed by atoms with Crippen LogP contribution in [0.15, 0.2) is 170 Å². The molecule has 51 heavy (non-hydrogen) atoms. The van der Waals surface area contributed by atoms with Crippen LogP contribution in [0.3, 0.4) is 0 Å². The molecule has 2 aromatic heterocycles. The van der Waals surface area contributed by atoms with Crippen molar-refractivity contribution in [3.05, 3.63) is 182 Å². The van der Waals surface area contributed by atoms with Crippen LogP contribution in [-0.2, 0) is 0 Å². The van der Waals surface area contributed by atoms with E-state index in [4.69, 9.17) is 0 Å². The molecular formula is C49H34N2. The van der Waals surface area contributed by atoms with E-state index in [9.17, 15) is 0 Å². The molecule has 2 heteroatoms. The Labute approximate surface area is 296 Å². The number of allylic oxidation sites excluding steroid dienone is 1. The van der Waals surface area contributed by atoms with Crippen LogP contribution in [0.4, 0.5) is 0 Å². The smallest absolute Gasteiger partial charge is 0.0795 e. The number of hydrogen-bond acceptors (Lipinski definition) is 0. The highest BCUT2D eigenvalue weighted by atomic mass is 15.1. The molecule has 0 spiro atoms. The first-order chi connectivity index (χ1) is 25.3. The minimum Gasteiger partial charge on any atom is -0.307 e. The number of nitrogens with zero attached hydrogens (tertiary/aromatic N) is 2. The second kappa shape index (κ2) is 11.5. The third-order valence-electron chi connectivity index (χ3n) is 10.5. The fourth-order valence-corrected chi connectivity index (χ4v) is 8.63. The normalized spacial score (nSPS) is 12.0. The molecule has 8 aromatic carbocycles. The van der Waals surface area contributed by atoms with Crippen molar-refractivity contribution in [1.82, 2.24) is 9.13 Å². The van der Waals surface area contributed by atoms with Gasteiger partial charge < -0.3 is 9.13 Å². The second-order valence-electron chi connectivity index (χ2n) is 13.2. The minimum atomic E-state index is 1.07. The van der Waals surface area contributed by atoms with Crippen LogP contribution in [0.25, 0.3) is 99.7 Å². The van der Waals surface area contributed by atoms with Gasteiger partial charge in [0.05, 0.1) is 27.9 Å². The van der Waals surface area contributed by atoms with Gasteiger partial charge in [0.25, 0.3) is 0 Å². The molecule has 2 heterocycles. The maximum Gasteiger partial charge on any atom is 0.0795 e.